The van der Waals surface area contributed by atoms with Crippen molar-refractivity contribution in [1.29, 1.82) is 0 Å². The molecule has 2 N–H and O–H groups in total. The number of likely N-dealkylation sites (tertiary alicyclic amines) is 1. The van der Waals surface area contributed by atoms with Crippen LogP contribution in [-0.2, 0) is 4.79 Å². The number of aromatic nitrogens is 2. The van der Waals surface area contributed by atoms with Crippen LogP contribution in [0.25, 0.3) is 11.0 Å². The number of hydrogen-bond acceptors (Lipinski definition) is 3. The number of imidazole rings is 1. The maximum Gasteiger partial charge on any atom is 0.253 e. The summed E-state index contributed by atoms with van der Waals surface area (Å²) in [7, 11) is 0. The Hall–Kier alpha value is -2.08. The third kappa shape index (κ3) is 3.11. The van der Waals surface area contributed by atoms with Crippen molar-refractivity contribution < 1.29 is 9.59 Å². The maximum atomic E-state index is 12.5. The highest BCUT2D eigenvalue weighted by Gasteiger charge is 2.44. The molecule has 0 radical (unpaired) electrons. The maximum absolute atomic E-state index is 12.5. The van der Waals surface area contributed by atoms with Crippen LogP contribution in [0.3, 0.4) is 0 Å². The summed E-state index contributed by atoms with van der Waals surface area (Å²) in [5, 5.41) is 3.23. The van der Waals surface area contributed by atoms with Crippen molar-refractivity contribution in [2.45, 2.75) is 32.6 Å². The molecule has 25 heavy (non-hydrogen) atoms. The molecule has 1 aliphatic carbocycles. The number of amides is 2. The van der Waals surface area contributed by atoms with Gasteiger partial charge >= 0.3 is 0 Å². The standard InChI is InChI=1S/C18H21ClN4O2/c1-11-21-15-12(2-3-13(19)16(15)22-11)17(25)20-10-14(24)23-8-6-18(4-5-18)7-9-23/h2-3H,4-10H2,1H3,(H,20,25)(H,21,22). The van der Waals surface area contributed by atoms with E-state index in [0.717, 1.165) is 25.9 Å². The second kappa shape index (κ2) is 6.02. The van der Waals surface area contributed by atoms with Crippen LogP contribution >= 0.6 is 11.6 Å². The zero-order chi connectivity index (χ0) is 17.6. The fourth-order valence-corrected chi connectivity index (χ4v) is 3.84. The summed E-state index contributed by atoms with van der Waals surface area (Å²) in [6, 6.07) is 3.31. The number of carbonyl (C=O) groups is 2. The summed E-state index contributed by atoms with van der Waals surface area (Å²) >= 11 is 6.13. The van der Waals surface area contributed by atoms with E-state index in [0.29, 0.717) is 32.9 Å². The van der Waals surface area contributed by atoms with Crippen LogP contribution in [0, 0.1) is 12.3 Å². The lowest BCUT2D eigenvalue weighted by atomic mass is 9.94. The van der Waals surface area contributed by atoms with Gasteiger partial charge in [-0.15, -0.1) is 0 Å². The summed E-state index contributed by atoms with van der Waals surface area (Å²) < 4.78 is 0. The van der Waals surface area contributed by atoms with Crippen molar-refractivity contribution in [3.63, 3.8) is 0 Å². The molecule has 2 aromatic rings. The van der Waals surface area contributed by atoms with Gasteiger partial charge in [-0.25, -0.2) is 4.98 Å². The molecule has 4 rings (SSSR count). The first-order valence-electron chi connectivity index (χ1n) is 8.68. The number of carbonyl (C=O) groups excluding carboxylic acids is 2. The SMILES string of the molecule is Cc1nc2c(Cl)ccc(C(=O)NCC(=O)N3CCC4(CC3)CC4)c2[nH]1. The van der Waals surface area contributed by atoms with Gasteiger partial charge in [-0.2, -0.15) is 0 Å². The third-order valence-corrected chi connectivity index (χ3v) is 5.80. The van der Waals surface area contributed by atoms with Gasteiger partial charge in [0.25, 0.3) is 5.91 Å². The Morgan fingerprint density at radius 3 is 2.68 bits per heavy atom. The Balaban J connectivity index is 1.40. The number of rotatable bonds is 3. The molecule has 1 aromatic carbocycles. The highest BCUT2D eigenvalue weighted by atomic mass is 35.5. The average molecular weight is 361 g/mol. The zero-order valence-electron chi connectivity index (χ0n) is 14.2. The van der Waals surface area contributed by atoms with Gasteiger partial charge < -0.3 is 15.2 Å². The van der Waals surface area contributed by atoms with Gasteiger partial charge in [-0.05, 0) is 50.2 Å². The van der Waals surface area contributed by atoms with Crippen molar-refractivity contribution in [3.05, 3.63) is 28.5 Å². The molecule has 2 aliphatic rings. The Bertz CT molecular complexity index is 846. The summed E-state index contributed by atoms with van der Waals surface area (Å²) in [4.78, 5) is 34.1. The number of piperidine rings is 1. The van der Waals surface area contributed by atoms with Gasteiger partial charge in [0, 0.05) is 13.1 Å². The molecule has 1 saturated carbocycles. The largest absolute Gasteiger partial charge is 0.343 e. The third-order valence-electron chi connectivity index (χ3n) is 5.49. The number of aromatic amines is 1. The van der Waals surface area contributed by atoms with Gasteiger partial charge in [-0.1, -0.05) is 11.6 Å². The van der Waals surface area contributed by atoms with E-state index in [1.165, 1.54) is 12.8 Å². The molecule has 1 spiro atoms. The number of fused-ring (bicyclic) bond motifs is 1. The number of H-pyrrole nitrogens is 1. The Morgan fingerprint density at radius 2 is 2.00 bits per heavy atom. The number of benzene rings is 1. The Morgan fingerprint density at radius 1 is 1.28 bits per heavy atom. The smallest absolute Gasteiger partial charge is 0.253 e. The van der Waals surface area contributed by atoms with E-state index in [1.807, 2.05) is 11.8 Å². The van der Waals surface area contributed by atoms with Gasteiger partial charge in [0.05, 0.1) is 22.6 Å². The quantitative estimate of drug-likeness (QED) is 0.883. The molecule has 2 amide bonds. The normalized spacial score (nSPS) is 18.6. The highest BCUT2D eigenvalue weighted by molar-refractivity contribution is 6.35. The average Bonchev–Trinajstić information content (AvgIpc) is 3.22. The summed E-state index contributed by atoms with van der Waals surface area (Å²) in [6.45, 7) is 3.44. The number of hydrogen-bond donors (Lipinski definition) is 2. The van der Waals surface area contributed by atoms with Gasteiger partial charge in [-0.3, -0.25) is 9.59 Å². The zero-order valence-corrected chi connectivity index (χ0v) is 14.9. The Kier molecular flexibility index (Phi) is 3.95. The monoisotopic (exact) mass is 360 g/mol. The minimum absolute atomic E-state index is 0.0169. The molecule has 1 saturated heterocycles. The van der Waals surface area contributed by atoms with Crippen molar-refractivity contribution in [3.8, 4) is 0 Å². The molecule has 132 valence electrons. The Labute approximate surface area is 150 Å². The summed E-state index contributed by atoms with van der Waals surface area (Å²) in [6.07, 6.45) is 4.81. The molecule has 0 atom stereocenters. The minimum Gasteiger partial charge on any atom is -0.343 e. The lowest BCUT2D eigenvalue weighted by Gasteiger charge is -2.32. The summed E-state index contributed by atoms with van der Waals surface area (Å²) in [5.74, 6) is 0.375. The molecule has 1 aliphatic heterocycles. The first kappa shape index (κ1) is 16.4. The van der Waals surface area contributed by atoms with Crippen molar-refractivity contribution in [2.24, 2.45) is 5.41 Å². The second-order valence-electron chi connectivity index (χ2n) is 7.20. The first-order valence-corrected chi connectivity index (χ1v) is 9.06. The lowest BCUT2D eigenvalue weighted by Crippen LogP contribution is -2.44. The molecule has 2 heterocycles. The molecule has 0 unspecified atom stereocenters. The molecule has 2 fully saturated rings. The van der Waals surface area contributed by atoms with Crippen LogP contribution in [0.2, 0.25) is 5.02 Å². The van der Waals surface area contributed by atoms with E-state index in [-0.39, 0.29) is 18.4 Å². The van der Waals surface area contributed by atoms with Gasteiger partial charge in [0.1, 0.15) is 11.3 Å². The number of nitrogens with zero attached hydrogens (tertiary/aromatic N) is 2. The molecular formula is C18H21ClN4O2. The lowest BCUT2D eigenvalue weighted by molar-refractivity contribution is -0.131. The summed E-state index contributed by atoms with van der Waals surface area (Å²) in [5.41, 5.74) is 2.16. The van der Waals surface area contributed by atoms with Crippen LogP contribution in [0.4, 0.5) is 0 Å². The van der Waals surface area contributed by atoms with Crippen LogP contribution in [0.1, 0.15) is 41.9 Å². The van der Waals surface area contributed by atoms with Gasteiger partial charge in [0.2, 0.25) is 5.91 Å². The van der Waals surface area contributed by atoms with E-state index in [2.05, 4.69) is 15.3 Å². The van der Waals surface area contributed by atoms with Crippen LogP contribution < -0.4 is 5.32 Å². The van der Waals surface area contributed by atoms with Crippen molar-refractivity contribution in [2.75, 3.05) is 19.6 Å². The fraction of sp³-hybridized carbons (Fsp3) is 0.500. The molecule has 0 bridgehead atoms. The van der Waals surface area contributed by atoms with E-state index >= 15 is 0 Å². The van der Waals surface area contributed by atoms with E-state index < -0.39 is 0 Å². The molecule has 1 aromatic heterocycles. The van der Waals surface area contributed by atoms with E-state index in [4.69, 9.17) is 11.6 Å². The van der Waals surface area contributed by atoms with Crippen LogP contribution in [-0.4, -0.2) is 46.3 Å². The predicted molar refractivity (Wildman–Crippen MR) is 95.7 cm³/mol. The number of aryl methyl sites for hydroxylation is 1. The van der Waals surface area contributed by atoms with Crippen LogP contribution in [0.5, 0.6) is 0 Å². The highest BCUT2D eigenvalue weighted by Crippen LogP contribution is 2.53. The van der Waals surface area contributed by atoms with E-state index in [1.54, 1.807) is 12.1 Å². The minimum atomic E-state index is -0.297. The van der Waals surface area contributed by atoms with Gasteiger partial charge in [0.15, 0.2) is 0 Å². The van der Waals surface area contributed by atoms with Crippen molar-refractivity contribution in [1.82, 2.24) is 20.2 Å². The second-order valence-corrected chi connectivity index (χ2v) is 7.61. The first-order chi connectivity index (χ1) is 12.0. The molecular weight excluding hydrogens is 340 g/mol. The molecule has 7 heteroatoms. The number of nitrogens with one attached hydrogen (secondary N) is 2. The van der Waals surface area contributed by atoms with Crippen molar-refractivity contribution >= 4 is 34.4 Å². The van der Waals surface area contributed by atoms with Crippen LogP contribution in [0.15, 0.2) is 12.1 Å². The van der Waals surface area contributed by atoms with E-state index in [9.17, 15) is 9.59 Å². The fourth-order valence-electron chi connectivity index (χ4n) is 3.64. The predicted octanol–water partition coefficient (Wildman–Crippen LogP) is 2.66. The molecule has 6 nitrogen and oxygen atoms in total. The topological polar surface area (TPSA) is 78.1 Å². The number of halogens is 1.